The molecule has 118 valence electrons. The summed E-state index contributed by atoms with van der Waals surface area (Å²) in [6.45, 7) is 1.58. The number of carboxylic acids is 1. The zero-order chi connectivity index (χ0) is 15.8. The van der Waals surface area contributed by atoms with E-state index in [0.717, 1.165) is 17.5 Å². The minimum Gasteiger partial charge on any atom is -0.481 e. The van der Waals surface area contributed by atoms with Gasteiger partial charge in [0, 0.05) is 13.1 Å². The van der Waals surface area contributed by atoms with E-state index in [0.29, 0.717) is 12.8 Å². The Morgan fingerprint density at radius 2 is 2.24 bits per heavy atom. The van der Waals surface area contributed by atoms with E-state index in [-0.39, 0.29) is 10.0 Å². The number of carboxylic acid groups (broad SMARTS) is 1. The van der Waals surface area contributed by atoms with Crippen molar-refractivity contribution in [3.05, 3.63) is 11.2 Å². The van der Waals surface area contributed by atoms with Crippen LogP contribution in [0.3, 0.4) is 0 Å². The fourth-order valence-corrected chi connectivity index (χ4v) is 4.76. The Labute approximate surface area is 128 Å². The fourth-order valence-electron chi connectivity index (χ4n) is 2.72. The summed E-state index contributed by atoms with van der Waals surface area (Å²) < 4.78 is 28.6. The summed E-state index contributed by atoms with van der Waals surface area (Å²) in [7, 11) is -2.46. The van der Waals surface area contributed by atoms with E-state index in [1.165, 1.54) is 13.2 Å². The zero-order valence-corrected chi connectivity index (χ0v) is 13.4. The van der Waals surface area contributed by atoms with Gasteiger partial charge in [0.15, 0.2) is 5.03 Å². The van der Waals surface area contributed by atoms with Crippen molar-refractivity contribution in [2.75, 3.05) is 0 Å². The van der Waals surface area contributed by atoms with Gasteiger partial charge in [-0.15, -0.1) is 0 Å². The van der Waals surface area contributed by atoms with E-state index in [1.54, 1.807) is 6.92 Å². The van der Waals surface area contributed by atoms with Crippen LogP contribution in [0.25, 0.3) is 0 Å². The third kappa shape index (κ3) is 2.93. The molecule has 2 rings (SSSR count). The lowest BCUT2D eigenvalue weighted by Gasteiger charge is -2.38. The molecule has 1 aliphatic carbocycles. The lowest BCUT2D eigenvalue weighted by atomic mass is 9.72. The van der Waals surface area contributed by atoms with Crippen LogP contribution >= 0.6 is 11.6 Å². The Morgan fingerprint density at radius 1 is 1.57 bits per heavy atom. The molecule has 1 aliphatic rings. The van der Waals surface area contributed by atoms with Crippen LogP contribution in [0.4, 0.5) is 0 Å². The molecule has 1 heterocycles. The lowest BCUT2D eigenvalue weighted by molar-refractivity contribution is -0.151. The summed E-state index contributed by atoms with van der Waals surface area (Å²) >= 11 is 5.86. The topological polar surface area (TPSA) is 101 Å². The average molecular weight is 336 g/mol. The number of aryl methyl sites for hydroxylation is 1. The molecule has 0 aliphatic heterocycles. The summed E-state index contributed by atoms with van der Waals surface area (Å²) in [4.78, 5) is 11.5. The summed E-state index contributed by atoms with van der Waals surface area (Å²) in [6.07, 6.45) is 3.72. The van der Waals surface area contributed by atoms with Crippen LogP contribution in [0.1, 0.15) is 32.6 Å². The molecule has 1 fully saturated rings. The third-order valence-electron chi connectivity index (χ3n) is 4.09. The second-order valence-electron chi connectivity index (χ2n) is 5.56. The molecule has 9 heteroatoms. The van der Waals surface area contributed by atoms with E-state index >= 15 is 0 Å². The van der Waals surface area contributed by atoms with Crippen LogP contribution < -0.4 is 4.72 Å². The maximum Gasteiger partial charge on any atom is 0.310 e. The molecule has 0 saturated heterocycles. The van der Waals surface area contributed by atoms with Crippen molar-refractivity contribution < 1.29 is 18.3 Å². The van der Waals surface area contributed by atoms with E-state index in [9.17, 15) is 18.3 Å². The molecular formula is C12H18ClN3O4S. The smallest absolute Gasteiger partial charge is 0.310 e. The lowest BCUT2D eigenvalue weighted by Crippen LogP contribution is -2.52. The van der Waals surface area contributed by atoms with E-state index in [2.05, 4.69) is 9.82 Å². The molecule has 7 nitrogen and oxygen atoms in total. The van der Waals surface area contributed by atoms with E-state index < -0.39 is 27.4 Å². The van der Waals surface area contributed by atoms with Crippen molar-refractivity contribution >= 4 is 27.6 Å². The van der Waals surface area contributed by atoms with Crippen molar-refractivity contribution in [2.24, 2.45) is 12.5 Å². The standard InChI is InChI=1S/C12H18ClN3O4S/c1-12(11(17)18)6-4-3-5-9(12)15-21(19,20)10-8(13)7-14-16(10)2/h7,9,15H,3-6H2,1-2H3,(H,17,18). The van der Waals surface area contributed by atoms with Crippen molar-refractivity contribution in [1.29, 1.82) is 0 Å². The van der Waals surface area contributed by atoms with Gasteiger partial charge in [-0.3, -0.25) is 9.48 Å². The maximum absolute atomic E-state index is 12.5. The molecule has 0 amide bonds. The molecule has 21 heavy (non-hydrogen) atoms. The largest absolute Gasteiger partial charge is 0.481 e. The van der Waals surface area contributed by atoms with E-state index in [4.69, 9.17) is 11.6 Å². The number of hydrogen-bond donors (Lipinski definition) is 2. The molecule has 1 aromatic heterocycles. The van der Waals surface area contributed by atoms with Gasteiger partial charge in [-0.05, 0) is 19.8 Å². The number of nitrogens with zero attached hydrogens (tertiary/aromatic N) is 2. The first-order valence-electron chi connectivity index (χ1n) is 6.62. The van der Waals surface area contributed by atoms with Gasteiger partial charge in [-0.1, -0.05) is 24.4 Å². The Kier molecular flexibility index (Phi) is 4.32. The maximum atomic E-state index is 12.5. The van der Waals surface area contributed by atoms with Crippen molar-refractivity contribution in [3.63, 3.8) is 0 Å². The normalized spacial score (nSPS) is 26.7. The van der Waals surface area contributed by atoms with Crippen molar-refractivity contribution in [3.8, 4) is 0 Å². The highest BCUT2D eigenvalue weighted by Crippen LogP contribution is 2.37. The van der Waals surface area contributed by atoms with Gasteiger partial charge in [0.05, 0.1) is 16.6 Å². The molecule has 0 radical (unpaired) electrons. The highest BCUT2D eigenvalue weighted by atomic mass is 35.5. The first-order valence-corrected chi connectivity index (χ1v) is 8.48. The molecule has 1 aromatic rings. The Morgan fingerprint density at radius 3 is 2.76 bits per heavy atom. The number of aliphatic carboxylic acids is 1. The SMILES string of the molecule is Cn1ncc(Cl)c1S(=O)(=O)NC1CCCCC1(C)C(=O)O. The monoisotopic (exact) mass is 335 g/mol. The van der Waals surface area contributed by atoms with Crippen molar-refractivity contribution in [2.45, 2.75) is 43.7 Å². The number of carbonyl (C=O) groups is 1. The number of sulfonamides is 1. The van der Waals surface area contributed by atoms with E-state index in [1.807, 2.05) is 0 Å². The molecule has 1 saturated carbocycles. The number of rotatable bonds is 4. The highest BCUT2D eigenvalue weighted by Gasteiger charge is 2.45. The highest BCUT2D eigenvalue weighted by molar-refractivity contribution is 7.89. The second kappa shape index (κ2) is 5.58. The first kappa shape index (κ1) is 16.3. The van der Waals surface area contributed by atoms with Crippen LogP contribution in [0.5, 0.6) is 0 Å². The predicted molar refractivity (Wildman–Crippen MR) is 76.5 cm³/mol. The molecule has 2 N–H and O–H groups in total. The van der Waals surface area contributed by atoms with Crippen LogP contribution in [0.2, 0.25) is 5.02 Å². The van der Waals surface area contributed by atoms with Gasteiger partial charge in [0.25, 0.3) is 10.0 Å². The number of hydrogen-bond acceptors (Lipinski definition) is 4. The molecule has 0 aromatic carbocycles. The molecule has 0 spiro atoms. The summed E-state index contributed by atoms with van der Waals surface area (Å²) in [5.74, 6) is -0.994. The summed E-state index contributed by atoms with van der Waals surface area (Å²) in [5.41, 5.74) is -1.11. The summed E-state index contributed by atoms with van der Waals surface area (Å²) in [5, 5.41) is 13.1. The minimum absolute atomic E-state index is 0.0119. The third-order valence-corrected chi connectivity index (χ3v) is 6.07. The van der Waals surface area contributed by atoms with Crippen molar-refractivity contribution in [1.82, 2.24) is 14.5 Å². The Hall–Kier alpha value is -1.12. The van der Waals surface area contributed by atoms with Crippen LogP contribution in [-0.2, 0) is 21.9 Å². The van der Waals surface area contributed by atoms with Gasteiger partial charge >= 0.3 is 5.97 Å². The summed E-state index contributed by atoms with van der Waals surface area (Å²) in [6, 6.07) is -0.667. The molecular weight excluding hydrogens is 318 g/mol. The molecule has 2 unspecified atom stereocenters. The van der Waals surface area contributed by atoms with Gasteiger partial charge in [-0.25, -0.2) is 13.1 Å². The van der Waals surface area contributed by atoms with Gasteiger partial charge in [0.1, 0.15) is 0 Å². The Balaban J connectivity index is 2.33. The molecule has 0 bridgehead atoms. The minimum atomic E-state index is -3.93. The number of aromatic nitrogens is 2. The second-order valence-corrected chi connectivity index (χ2v) is 7.60. The van der Waals surface area contributed by atoms with Crippen LogP contribution in [0.15, 0.2) is 11.2 Å². The number of halogens is 1. The fraction of sp³-hybridized carbons (Fsp3) is 0.667. The Bertz CT molecular complexity index is 638. The quantitative estimate of drug-likeness (QED) is 0.865. The predicted octanol–water partition coefficient (Wildman–Crippen LogP) is 1.39. The van der Waals surface area contributed by atoms with Gasteiger partial charge in [0.2, 0.25) is 0 Å². The zero-order valence-electron chi connectivity index (χ0n) is 11.8. The van der Waals surface area contributed by atoms with Gasteiger partial charge < -0.3 is 5.11 Å². The first-order chi connectivity index (χ1) is 9.68. The van der Waals surface area contributed by atoms with Gasteiger partial charge in [-0.2, -0.15) is 5.10 Å². The average Bonchev–Trinajstić information content (AvgIpc) is 2.72. The molecule has 2 atom stereocenters. The van der Waals surface area contributed by atoms with Crippen LogP contribution in [0, 0.1) is 5.41 Å². The van der Waals surface area contributed by atoms with Crippen LogP contribution in [-0.4, -0.2) is 35.3 Å². The number of nitrogens with one attached hydrogen (secondary N) is 1.